The lowest BCUT2D eigenvalue weighted by atomic mass is 9.73. The summed E-state index contributed by atoms with van der Waals surface area (Å²) in [5.74, 6) is -4.91. The average Bonchev–Trinajstić information content (AvgIpc) is 2.99. The smallest absolute Gasteiger partial charge is 0.282 e. The summed E-state index contributed by atoms with van der Waals surface area (Å²) in [5.41, 5.74) is 0.740. The van der Waals surface area contributed by atoms with Crippen molar-refractivity contribution in [1.82, 2.24) is 0 Å². The zero-order valence-corrected chi connectivity index (χ0v) is 17.1. The molecule has 0 saturated carbocycles. The van der Waals surface area contributed by atoms with Crippen molar-refractivity contribution in [3.63, 3.8) is 0 Å². The highest BCUT2D eigenvalue weighted by atomic mass is 35.5. The minimum absolute atomic E-state index is 0.0547. The molecule has 0 amide bonds. The minimum Gasteiger partial charge on any atom is -0.385 e. The maximum absolute atomic E-state index is 14.8. The first-order chi connectivity index (χ1) is 14.7. The number of nitriles is 1. The Balaban J connectivity index is 1.91. The monoisotopic (exact) mass is 455 g/mol. The molecule has 0 unspecified atom stereocenters. The molecule has 164 valence electrons. The quantitative estimate of drug-likeness (QED) is 0.514. The van der Waals surface area contributed by atoms with Gasteiger partial charge >= 0.3 is 0 Å². The third-order valence-electron chi connectivity index (χ3n) is 5.89. The van der Waals surface area contributed by atoms with E-state index >= 15 is 0 Å². The molecule has 2 aromatic rings. The van der Waals surface area contributed by atoms with Crippen LogP contribution in [0.25, 0.3) is 0 Å². The molecule has 0 saturated heterocycles. The van der Waals surface area contributed by atoms with Gasteiger partial charge in [0.05, 0.1) is 11.6 Å². The summed E-state index contributed by atoms with van der Waals surface area (Å²) in [7, 11) is 1.31. The number of rotatable bonds is 4. The number of fused-ring (bicyclic) bond motifs is 2. The molecule has 0 radical (unpaired) electrons. The predicted octanol–water partition coefficient (Wildman–Crippen LogP) is 5.11. The fraction of sp³-hybridized carbons (Fsp3) is 0.409. The van der Waals surface area contributed by atoms with Crippen LogP contribution in [0.3, 0.4) is 0 Å². The molecule has 2 aliphatic rings. The van der Waals surface area contributed by atoms with E-state index in [-0.39, 0.29) is 46.1 Å². The Morgan fingerprint density at radius 2 is 2.00 bits per heavy atom. The van der Waals surface area contributed by atoms with Gasteiger partial charge in [-0.1, -0.05) is 17.7 Å². The number of alkyl halides is 3. The van der Waals surface area contributed by atoms with E-state index in [1.807, 2.05) is 6.07 Å². The van der Waals surface area contributed by atoms with Crippen molar-refractivity contribution in [3.05, 3.63) is 68.5 Å². The summed E-state index contributed by atoms with van der Waals surface area (Å²) in [6, 6.07) is 6.79. The van der Waals surface area contributed by atoms with Gasteiger partial charge in [-0.05, 0) is 46.9 Å². The van der Waals surface area contributed by atoms with Crippen molar-refractivity contribution in [2.45, 2.75) is 43.1 Å². The van der Waals surface area contributed by atoms with E-state index < -0.39 is 42.5 Å². The van der Waals surface area contributed by atoms with Gasteiger partial charge in [0, 0.05) is 30.0 Å². The van der Waals surface area contributed by atoms with E-state index in [2.05, 4.69) is 0 Å². The molecule has 1 N–H and O–H groups in total. The number of hydrogen-bond acceptors (Lipinski definition) is 4. The van der Waals surface area contributed by atoms with Crippen LogP contribution in [0.4, 0.5) is 17.6 Å². The van der Waals surface area contributed by atoms with Crippen LogP contribution >= 0.6 is 11.6 Å². The van der Waals surface area contributed by atoms with E-state index in [0.29, 0.717) is 5.56 Å². The predicted molar refractivity (Wildman–Crippen MR) is 103 cm³/mol. The van der Waals surface area contributed by atoms with Gasteiger partial charge < -0.3 is 14.6 Å². The fourth-order valence-corrected chi connectivity index (χ4v) is 4.93. The van der Waals surface area contributed by atoms with Crippen LogP contribution in [-0.2, 0) is 15.9 Å². The summed E-state index contributed by atoms with van der Waals surface area (Å²) < 4.78 is 68.3. The molecular formula is C22H18ClF4NO3. The Labute approximate surface area is 181 Å². The third-order valence-corrected chi connectivity index (χ3v) is 6.22. The molecule has 9 heteroatoms. The Kier molecular flexibility index (Phi) is 5.73. The maximum Gasteiger partial charge on any atom is 0.282 e. The molecule has 2 aromatic carbocycles. The molecule has 4 nitrogen and oxygen atoms in total. The number of ether oxygens (including phenoxy) is 2. The zero-order chi connectivity index (χ0) is 22.5. The van der Waals surface area contributed by atoms with Gasteiger partial charge in [0.2, 0.25) is 0 Å². The summed E-state index contributed by atoms with van der Waals surface area (Å²) in [6.45, 7) is -0.372. The number of hydrogen-bond donors (Lipinski definition) is 1. The normalized spacial score (nSPS) is 26.3. The minimum atomic E-state index is -3.28. The highest BCUT2D eigenvalue weighted by Gasteiger charge is 2.51. The van der Waals surface area contributed by atoms with E-state index in [1.54, 1.807) is 0 Å². The van der Waals surface area contributed by atoms with Crippen LogP contribution in [0.15, 0.2) is 24.3 Å². The van der Waals surface area contributed by atoms with Crippen molar-refractivity contribution in [1.29, 1.82) is 5.26 Å². The van der Waals surface area contributed by atoms with Gasteiger partial charge in [0.1, 0.15) is 24.9 Å². The third kappa shape index (κ3) is 3.60. The Morgan fingerprint density at radius 3 is 2.68 bits per heavy atom. The number of nitrogens with zero attached hydrogens (tertiary/aromatic N) is 1. The molecule has 0 aromatic heterocycles. The SMILES string of the molecule is COCO[C@H]1c2c(Cl)ccc([C@H]3C[C@H](F)[C@H](O)c4cc(F)cc(C#N)c43)c2CC1(F)F. The van der Waals surface area contributed by atoms with Crippen LogP contribution in [0.2, 0.25) is 5.02 Å². The van der Waals surface area contributed by atoms with Gasteiger partial charge in [-0.3, -0.25) is 0 Å². The highest BCUT2D eigenvalue weighted by Crippen LogP contribution is 2.53. The van der Waals surface area contributed by atoms with Crippen LogP contribution in [0.5, 0.6) is 0 Å². The number of benzene rings is 2. The Hall–Kier alpha value is -2.18. The first kappa shape index (κ1) is 22.0. The Bertz CT molecular complexity index is 1070. The molecule has 0 aliphatic heterocycles. The van der Waals surface area contributed by atoms with Crippen molar-refractivity contribution in [2.75, 3.05) is 13.9 Å². The number of halogens is 5. The second kappa shape index (κ2) is 8.06. The second-order valence-corrected chi connectivity index (χ2v) is 8.14. The molecule has 0 spiro atoms. The first-order valence-electron chi connectivity index (χ1n) is 9.54. The number of aliphatic hydroxyl groups is 1. The molecule has 4 atom stereocenters. The highest BCUT2D eigenvalue weighted by molar-refractivity contribution is 6.31. The van der Waals surface area contributed by atoms with Gasteiger partial charge in [-0.25, -0.2) is 17.6 Å². The lowest BCUT2D eigenvalue weighted by molar-refractivity contribution is -0.169. The standard InChI is InChI=1S/C22H18ClF4NO3/c1-30-9-31-21-19-15(7-22(21,26)27)12(2-3-16(19)23)13-6-17(25)20(29)14-5-11(24)4-10(8-28)18(13)14/h2-5,13,17,20-21,29H,6-7,9H2,1H3/t13-,17+,20-,21+/m1/s1. The lowest BCUT2D eigenvalue weighted by Crippen LogP contribution is -2.27. The van der Waals surface area contributed by atoms with Crippen molar-refractivity contribution in [2.24, 2.45) is 0 Å². The van der Waals surface area contributed by atoms with Gasteiger partial charge in [-0.15, -0.1) is 0 Å². The van der Waals surface area contributed by atoms with Crippen LogP contribution in [0, 0.1) is 17.1 Å². The van der Waals surface area contributed by atoms with Crippen LogP contribution in [-0.4, -0.2) is 31.1 Å². The zero-order valence-electron chi connectivity index (χ0n) is 16.3. The van der Waals surface area contributed by atoms with Crippen LogP contribution < -0.4 is 0 Å². The molecule has 0 bridgehead atoms. The number of aliphatic hydroxyl groups excluding tert-OH is 1. The molecule has 0 heterocycles. The van der Waals surface area contributed by atoms with E-state index in [9.17, 15) is 27.9 Å². The lowest BCUT2D eigenvalue weighted by Gasteiger charge is -2.33. The first-order valence-corrected chi connectivity index (χ1v) is 9.92. The number of methoxy groups -OCH3 is 1. The average molecular weight is 456 g/mol. The molecular weight excluding hydrogens is 438 g/mol. The van der Waals surface area contributed by atoms with Gasteiger partial charge in [0.15, 0.2) is 6.10 Å². The van der Waals surface area contributed by atoms with Crippen molar-refractivity contribution < 1.29 is 32.1 Å². The second-order valence-electron chi connectivity index (χ2n) is 7.74. The maximum atomic E-state index is 14.8. The van der Waals surface area contributed by atoms with Gasteiger partial charge in [0.25, 0.3) is 5.92 Å². The largest absolute Gasteiger partial charge is 0.385 e. The van der Waals surface area contributed by atoms with E-state index in [0.717, 1.165) is 12.1 Å². The summed E-state index contributed by atoms with van der Waals surface area (Å²) in [4.78, 5) is 0. The van der Waals surface area contributed by atoms with Crippen LogP contribution in [0.1, 0.15) is 57.9 Å². The Morgan fingerprint density at radius 1 is 1.26 bits per heavy atom. The molecule has 31 heavy (non-hydrogen) atoms. The molecule has 4 rings (SSSR count). The fourth-order valence-electron chi connectivity index (χ4n) is 4.66. The summed E-state index contributed by atoms with van der Waals surface area (Å²) >= 11 is 6.24. The topological polar surface area (TPSA) is 62.5 Å². The molecule has 2 aliphatic carbocycles. The molecule has 0 fully saturated rings. The van der Waals surface area contributed by atoms with Gasteiger partial charge in [-0.2, -0.15) is 5.26 Å². The van der Waals surface area contributed by atoms with Crippen molar-refractivity contribution >= 4 is 11.6 Å². The summed E-state index contributed by atoms with van der Waals surface area (Å²) in [5, 5.41) is 19.9. The van der Waals surface area contributed by atoms with Crippen molar-refractivity contribution in [3.8, 4) is 6.07 Å². The summed E-state index contributed by atoms with van der Waals surface area (Å²) in [6.07, 6.45) is -5.97. The van der Waals surface area contributed by atoms with E-state index in [4.69, 9.17) is 21.1 Å². The van der Waals surface area contributed by atoms with E-state index in [1.165, 1.54) is 19.2 Å².